The van der Waals surface area contributed by atoms with E-state index in [-0.39, 0.29) is 42.2 Å². The number of nitrogens with zero attached hydrogens (tertiary/aromatic N) is 2. The van der Waals surface area contributed by atoms with Gasteiger partial charge in [-0.05, 0) is 46.9 Å². The largest absolute Gasteiger partial charge is 0.494 e. The fourth-order valence-electron chi connectivity index (χ4n) is 5.48. The second-order valence-corrected chi connectivity index (χ2v) is 11.6. The molecule has 0 aliphatic carbocycles. The number of amides is 1. The van der Waals surface area contributed by atoms with Crippen LogP contribution >= 0.6 is 24.0 Å². The van der Waals surface area contributed by atoms with Gasteiger partial charge in [0.1, 0.15) is 11.6 Å². The Kier molecular flexibility index (Phi) is 13.5. The molecule has 11 heteroatoms. The van der Waals surface area contributed by atoms with Gasteiger partial charge in [0, 0.05) is 37.9 Å². The summed E-state index contributed by atoms with van der Waals surface area (Å²) in [6.07, 6.45) is -0.401. The van der Waals surface area contributed by atoms with E-state index in [1.165, 1.54) is 6.07 Å². The Morgan fingerprint density at radius 2 is 1.62 bits per heavy atom. The first kappa shape index (κ1) is 36.5. The van der Waals surface area contributed by atoms with Gasteiger partial charge in [-0.2, -0.15) is 13.2 Å². The molecule has 48 heavy (non-hydrogen) atoms. The number of nitrogens with one attached hydrogen (secondary N) is 2. The SMILES string of the molecule is Cl.O=C(Cc1cccc(OCCCN(Cc2cccc(C(F)(F)F)c2Cl)CC(c2ccccc2)c2ccccc2)c1)NCc1ncc[nH]1. The minimum Gasteiger partial charge on any atom is -0.494 e. The number of ether oxygens (including phenoxy) is 1. The minimum absolute atomic E-state index is 0. The zero-order valence-electron chi connectivity index (χ0n) is 26.1. The van der Waals surface area contributed by atoms with Crippen LogP contribution in [0.3, 0.4) is 0 Å². The molecular formula is C37H37Cl2F3N4O2. The summed E-state index contributed by atoms with van der Waals surface area (Å²) in [5.74, 6) is 1.17. The second kappa shape index (κ2) is 17.7. The van der Waals surface area contributed by atoms with Crippen molar-refractivity contribution in [3.63, 3.8) is 0 Å². The van der Waals surface area contributed by atoms with Crippen LogP contribution in [0.15, 0.2) is 116 Å². The van der Waals surface area contributed by atoms with Crippen LogP contribution in [0.1, 0.15) is 46.0 Å². The van der Waals surface area contributed by atoms with Crippen LogP contribution in [0.5, 0.6) is 5.75 Å². The van der Waals surface area contributed by atoms with Crippen molar-refractivity contribution in [3.8, 4) is 5.75 Å². The lowest BCUT2D eigenvalue weighted by Crippen LogP contribution is -2.31. The van der Waals surface area contributed by atoms with E-state index in [0.29, 0.717) is 49.8 Å². The third kappa shape index (κ3) is 10.6. The van der Waals surface area contributed by atoms with E-state index in [1.807, 2.05) is 60.7 Å². The summed E-state index contributed by atoms with van der Waals surface area (Å²) < 4.78 is 47.1. The van der Waals surface area contributed by atoms with Crippen LogP contribution in [0.4, 0.5) is 13.2 Å². The van der Waals surface area contributed by atoms with Crippen molar-refractivity contribution in [1.82, 2.24) is 20.2 Å². The molecule has 5 rings (SSSR count). The first-order chi connectivity index (χ1) is 22.8. The van der Waals surface area contributed by atoms with E-state index in [2.05, 4.69) is 44.5 Å². The summed E-state index contributed by atoms with van der Waals surface area (Å²) in [7, 11) is 0. The third-order valence-corrected chi connectivity index (χ3v) is 8.23. The second-order valence-electron chi connectivity index (χ2n) is 11.2. The van der Waals surface area contributed by atoms with Crippen molar-refractivity contribution in [2.45, 2.75) is 38.0 Å². The molecular weight excluding hydrogens is 660 g/mol. The number of imidazole rings is 1. The van der Waals surface area contributed by atoms with E-state index < -0.39 is 11.7 Å². The van der Waals surface area contributed by atoms with Crippen LogP contribution in [0, 0.1) is 0 Å². The number of H-pyrrole nitrogens is 1. The molecule has 0 unspecified atom stereocenters. The fraction of sp³-hybridized carbons (Fsp3) is 0.243. The summed E-state index contributed by atoms with van der Waals surface area (Å²) in [4.78, 5) is 21.6. The van der Waals surface area contributed by atoms with Gasteiger partial charge in [0.05, 0.1) is 30.2 Å². The summed E-state index contributed by atoms with van der Waals surface area (Å²) in [5.41, 5.74) is 2.62. The zero-order valence-corrected chi connectivity index (χ0v) is 27.7. The van der Waals surface area contributed by atoms with Gasteiger partial charge in [-0.3, -0.25) is 9.69 Å². The number of alkyl halides is 3. The predicted octanol–water partition coefficient (Wildman–Crippen LogP) is 8.47. The molecule has 0 aliphatic rings. The molecule has 5 aromatic rings. The molecule has 6 nitrogen and oxygen atoms in total. The highest BCUT2D eigenvalue weighted by Crippen LogP contribution is 2.37. The molecule has 0 spiro atoms. The lowest BCUT2D eigenvalue weighted by atomic mass is 9.90. The Balaban J connectivity index is 0.00000520. The smallest absolute Gasteiger partial charge is 0.417 e. The van der Waals surface area contributed by atoms with Gasteiger partial charge in [0.25, 0.3) is 0 Å². The summed E-state index contributed by atoms with van der Waals surface area (Å²) >= 11 is 6.34. The molecule has 0 bridgehead atoms. The highest BCUT2D eigenvalue weighted by atomic mass is 35.5. The highest BCUT2D eigenvalue weighted by Gasteiger charge is 2.34. The Hall–Kier alpha value is -4.31. The van der Waals surface area contributed by atoms with Gasteiger partial charge in [0.2, 0.25) is 5.91 Å². The minimum atomic E-state index is -4.54. The fourth-order valence-corrected chi connectivity index (χ4v) is 5.77. The first-order valence-corrected chi connectivity index (χ1v) is 15.8. The van der Waals surface area contributed by atoms with Crippen molar-refractivity contribution in [2.75, 3.05) is 19.7 Å². The lowest BCUT2D eigenvalue weighted by Gasteiger charge is -2.29. The molecule has 1 heterocycles. The Bertz CT molecular complexity index is 1670. The van der Waals surface area contributed by atoms with Crippen molar-refractivity contribution < 1.29 is 22.7 Å². The van der Waals surface area contributed by atoms with Crippen LogP contribution in [0.2, 0.25) is 5.02 Å². The van der Waals surface area contributed by atoms with Crippen molar-refractivity contribution in [3.05, 3.63) is 154 Å². The first-order valence-electron chi connectivity index (χ1n) is 15.4. The average molecular weight is 698 g/mol. The van der Waals surface area contributed by atoms with Crippen molar-refractivity contribution in [2.24, 2.45) is 0 Å². The van der Waals surface area contributed by atoms with Gasteiger partial charge in [0.15, 0.2) is 0 Å². The molecule has 0 saturated heterocycles. The van der Waals surface area contributed by atoms with Gasteiger partial charge < -0.3 is 15.0 Å². The molecule has 0 atom stereocenters. The zero-order chi connectivity index (χ0) is 33.1. The molecule has 0 fully saturated rings. The number of benzene rings is 4. The quantitative estimate of drug-likeness (QED) is 0.108. The third-order valence-electron chi connectivity index (χ3n) is 7.78. The molecule has 0 aliphatic heterocycles. The number of hydrogen-bond donors (Lipinski definition) is 2. The number of carbonyl (C=O) groups is 1. The maximum Gasteiger partial charge on any atom is 0.417 e. The van der Waals surface area contributed by atoms with Crippen LogP contribution in [0.25, 0.3) is 0 Å². The number of aromatic amines is 1. The number of halogens is 5. The number of carbonyl (C=O) groups excluding carboxylic acids is 1. The van der Waals surface area contributed by atoms with Crippen LogP contribution in [-0.4, -0.2) is 40.5 Å². The van der Waals surface area contributed by atoms with Crippen molar-refractivity contribution in [1.29, 1.82) is 0 Å². The van der Waals surface area contributed by atoms with Gasteiger partial charge in [-0.15, -0.1) is 12.4 Å². The predicted molar refractivity (Wildman–Crippen MR) is 184 cm³/mol. The van der Waals surface area contributed by atoms with Crippen molar-refractivity contribution >= 4 is 29.9 Å². The van der Waals surface area contributed by atoms with E-state index in [9.17, 15) is 18.0 Å². The van der Waals surface area contributed by atoms with Crippen LogP contribution < -0.4 is 10.1 Å². The maximum atomic E-state index is 13.7. The maximum absolute atomic E-state index is 13.7. The van der Waals surface area contributed by atoms with Gasteiger partial charge >= 0.3 is 6.18 Å². The molecule has 4 aromatic carbocycles. The summed E-state index contributed by atoms with van der Waals surface area (Å²) in [6.45, 7) is 2.05. The Labute approximate surface area is 289 Å². The Morgan fingerprint density at radius 3 is 2.27 bits per heavy atom. The van der Waals surface area contributed by atoms with E-state index >= 15 is 0 Å². The normalized spacial score (nSPS) is 11.4. The molecule has 252 valence electrons. The molecule has 2 N–H and O–H groups in total. The van der Waals surface area contributed by atoms with Gasteiger partial charge in [-0.25, -0.2) is 4.98 Å². The Morgan fingerprint density at radius 1 is 0.938 bits per heavy atom. The number of hydrogen-bond acceptors (Lipinski definition) is 4. The monoisotopic (exact) mass is 696 g/mol. The van der Waals surface area contributed by atoms with Crippen LogP contribution in [-0.2, 0) is 30.5 Å². The summed E-state index contributed by atoms with van der Waals surface area (Å²) in [5, 5.41) is 2.57. The standard InChI is InChI=1S/C37H36ClF3N4O2.ClH/c38-36-30(15-8-17-33(36)37(39,40)41)25-45(26-32(28-11-3-1-4-12-28)29-13-5-2-6-14-29)20-9-21-47-31-16-7-10-27(22-31)23-35(46)44-24-34-42-18-19-43-34;/h1-8,10-19,22,32H,9,20-21,23-26H2,(H,42,43)(H,44,46);1H. The van der Waals surface area contributed by atoms with E-state index in [0.717, 1.165) is 22.8 Å². The highest BCUT2D eigenvalue weighted by molar-refractivity contribution is 6.32. The number of rotatable bonds is 15. The van der Waals surface area contributed by atoms with Gasteiger partial charge in [-0.1, -0.05) is 96.5 Å². The molecule has 1 aromatic heterocycles. The van der Waals surface area contributed by atoms with E-state index in [4.69, 9.17) is 16.3 Å². The molecule has 1 amide bonds. The van der Waals surface area contributed by atoms with E-state index in [1.54, 1.807) is 18.5 Å². The molecule has 0 radical (unpaired) electrons. The summed E-state index contributed by atoms with van der Waals surface area (Å²) in [6, 6.07) is 31.6. The average Bonchev–Trinajstić information content (AvgIpc) is 3.60. The number of aromatic nitrogens is 2. The topological polar surface area (TPSA) is 70.2 Å². The lowest BCUT2D eigenvalue weighted by molar-refractivity contribution is -0.137. The molecule has 0 saturated carbocycles.